The molecule has 0 bridgehead atoms. The van der Waals surface area contributed by atoms with Crippen molar-refractivity contribution in [3.05, 3.63) is 29.8 Å². The van der Waals surface area contributed by atoms with Gasteiger partial charge in [-0.2, -0.15) is 0 Å². The number of aliphatic hydroxyl groups is 1. The molecule has 0 saturated heterocycles. The van der Waals surface area contributed by atoms with E-state index < -0.39 is 6.10 Å². The molecule has 0 heterocycles. The molecule has 1 aromatic carbocycles. The summed E-state index contributed by atoms with van der Waals surface area (Å²) in [7, 11) is 2.07. The minimum absolute atomic E-state index is 0.304. The molecule has 1 aromatic rings. The summed E-state index contributed by atoms with van der Waals surface area (Å²) < 4.78 is 5.69. The highest BCUT2D eigenvalue weighted by atomic mass is 16.5. The van der Waals surface area contributed by atoms with Crippen LogP contribution in [0.2, 0.25) is 0 Å². The molecule has 20 heavy (non-hydrogen) atoms. The van der Waals surface area contributed by atoms with Crippen LogP contribution in [0, 0.1) is 5.92 Å². The second-order valence-electron chi connectivity index (χ2n) is 5.79. The molecule has 0 spiro atoms. The smallest absolute Gasteiger partial charge is 0.123 e. The van der Waals surface area contributed by atoms with Gasteiger partial charge in [0, 0.05) is 24.7 Å². The monoisotopic (exact) mass is 278 g/mol. The number of benzene rings is 1. The van der Waals surface area contributed by atoms with Gasteiger partial charge in [-0.1, -0.05) is 18.2 Å². The number of hydrogen-bond donors (Lipinski definition) is 2. The first-order valence-corrected chi connectivity index (χ1v) is 7.41. The minimum Gasteiger partial charge on any atom is -0.491 e. The van der Waals surface area contributed by atoms with Gasteiger partial charge in [0.15, 0.2) is 0 Å². The van der Waals surface area contributed by atoms with Crippen molar-refractivity contribution in [3.8, 4) is 5.75 Å². The van der Waals surface area contributed by atoms with E-state index in [-0.39, 0.29) is 0 Å². The highest BCUT2D eigenvalue weighted by Crippen LogP contribution is 2.34. The molecule has 1 saturated carbocycles. The van der Waals surface area contributed by atoms with E-state index in [1.807, 2.05) is 24.3 Å². The first kappa shape index (κ1) is 15.3. The zero-order valence-corrected chi connectivity index (χ0v) is 12.5. The lowest BCUT2D eigenvalue weighted by Crippen LogP contribution is -2.39. The van der Waals surface area contributed by atoms with E-state index in [4.69, 9.17) is 10.5 Å². The quantitative estimate of drug-likeness (QED) is 0.758. The van der Waals surface area contributed by atoms with Crippen LogP contribution >= 0.6 is 0 Å². The summed E-state index contributed by atoms with van der Waals surface area (Å²) in [6.07, 6.45) is 2.16. The Bertz CT molecular complexity index is 421. The van der Waals surface area contributed by atoms with Gasteiger partial charge >= 0.3 is 0 Å². The van der Waals surface area contributed by atoms with Crippen LogP contribution in [0.1, 0.15) is 25.3 Å². The van der Waals surface area contributed by atoms with Crippen molar-refractivity contribution in [2.24, 2.45) is 11.7 Å². The molecule has 0 amide bonds. The van der Waals surface area contributed by atoms with Gasteiger partial charge < -0.3 is 20.5 Å². The number of rotatable bonds is 8. The summed E-state index contributed by atoms with van der Waals surface area (Å²) in [4.78, 5) is 2.22. The Morgan fingerprint density at radius 2 is 2.10 bits per heavy atom. The van der Waals surface area contributed by atoms with E-state index in [9.17, 15) is 5.11 Å². The molecule has 1 fully saturated rings. The van der Waals surface area contributed by atoms with Gasteiger partial charge in [0.05, 0.1) is 0 Å². The highest BCUT2D eigenvalue weighted by molar-refractivity contribution is 5.32. The summed E-state index contributed by atoms with van der Waals surface area (Å²) in [5.41, 5.74) is 6.64. The van der Waals surface area contributed by atoms with Crippen molar-refractivity contribution >= 4 is 0 Å². The Labute approximate surface area is 121 Å². The van der Waals surface area contributed by atoms with Crippen LogP contribution in [0.15, 0.2) is 24.3 Å². The molecule has 2 unspecified atom stereocenters. The third-order valence-electron chi connectivity index (χ3n) is 4.12. The Hall–Kier alpha value is -1.10. The summed E-state index contributed by atoms with van der Waals surface area (Å²) in [5, 5.41) is 10.1. The minimum atomic E-state index is -0.480. The van der Waals surface area contributed by atoms with Gasteiger partial charge in [-0.3, -0.25) is 0 Å². The van der Waals surface area contributed by atoms with Gasteiger partial charge in [0.25, 0.3) is 0 Å². The van der Waals surface area contributed by atoms with Gasteiger partial charge in [0.2, 0.25) is 0 Å². The second-order valence-corrected chi connectivity index (χ2v) is 5.79. The molecule has 4 nitrogen and oxygen atoms in total. The van der Waals surface area contributed by atoms with Crippen LogP contribution in [-0.2, 0) is 6.54 Å². The van der Waals surface area contributed by atoms with Crippen molar-refractivity contribution in [1.82, 2.24) is 4.90 Å². The topological polar surface area (TPSA) is 58.7 Å². The summed E-state index contributed by atoms with van der Waals surface area (Å²) in [6, 6.07) is 8.24. The summed E-state index contributed by atoms with van der Waals surface area (Å²) in [6.45, 7) is 3.63. The van der Waals surface area contributed by atoms with Crippen LogP contribution in [-0.4, -0.2) is 42.4 Å². The molecule has 0 radical (unpaired) electrons. The molecule has 3 N–H and O–H groups in total. The van der Waals surface area contributed by atoms with Crippen LogP contribution in [0.25, 0.3) is 0 Å². The number of nitrogens with two attached hydrogens (primary N) is 1. The number of para-hydroxylation sites is 1. The third kappa shape index (κ3) is 4.20. The van der Waals surface area contributed by atoms with E-state index in [1.165, 1.54) is 12.8 Å². The Kier molecular flexibility index (Phi) is 5.40. The molecule has 2 atom stereocenters. The van der Waals surface area contributed by atoms with E-state index in [1.54, 1.807) is 0 Å². The molecule has 112 valence electrons. The molecular formula is C16H26N2O2. The Morgan fingerprint density at radius 3 is 2.75 bits per heavy atom. The second kappa shape index (κ2) is 7.07. The van der Waals surface area contributed by atoms with Gasteiger partial charge in [-0.05, 0) is 38.8 Å². The van der Waals surface area contributed by atoms with Crippen LogP contribution in [0.3, 0.4) is 0 Å². The van der Waals surface area contributed by atoms with E-state index >= 15 is 0 Å². The molecule has 0 aromatic heterocycles. The maximum atomic E-state index is 10.1. The average Bonchev–Trinajstić information content (AvgIpc) is 3.29. The van der Waals surface area contributed by atoms with E-state index in [0.29, 0.717) is 25.7 Å². The van der Waals surface area contributed by atoms with Crippen molar-refractivity contribution in [2.75, 3.05) is 20.2 Å². The van der Waals surface area contributed by atoms with Crippen molar-refractivity contribution in [3.63, 3.8) is 0 Å². The number of likely N-dealkylation sites (N-methyl/N-ethyl adjacent to an activating group) is 1. The lowest BCUT2D eigenvalue weighted by atomic mass is 10.2. The van der Waals surface area contributed by atoms with Crippen molar-refractivity contribution in [1.29, 1.82) is 0 Å². The Morgan fingerprint density at radius 1 is 1.40 bits per heavy atom. The lowest BCUT2D eigenvalue weighted by Gasteiger charge is -2.27. The van der Waals surface area contributed by atoms with Crippen LogP contribution < -0.4 is 10.5 Å². The van der Waals surface area contributed by atoms with E-state index in [0.717, 1.165) is 17.2 Å². The number of nitrogens with zero attached hydrogens (tertiary/aromatic N) is 1. The zero-order chi connectivity index (χ0) is 14.5. The SMILES string of the molecule is CC(C1CC1)N(C)CC(O)COc1ccccc1CN. The normalized spacial score (nSPS) is 18.1. The predicted molar refractivity (Wildman–Crippen MR) is 80.7 cm³/mol. The maximum Gasteiger partial charge on any atom is 0.123 e. The number of hydrogen-bond acceptors (Lipinski definition) is 4. The first-order chi connectivity index (χ1) is 9.61. The van der Waals surface area contributed by atoms with Crippen LogP contribution in [0.4, 0.5) is 0 Å². The first-order valence-electron chi connectivity index (χ1n) is 7.41. The molecule has 1 aliphatic rings. The number of ether oxygens (including phenoxy) is 1. The van der Waals surface area contributed by atoms with E-state index in [2.05, 4.69) is 18.9 Å². The maximum absolute atomic E-state index is 10.1. The summed E-state index contributed by atoms with van der Waals surface area (Å²) in [5.74, 6) is 1.58. The van der Waals surface area contributed by atoms with Crippen molar-refractivity contribution in [2.45, 2.75) is 38.5 Å². The molecule has 1 aliphatic carbocycles. The fraction of sp³-hybridized carbons (Fsp3) is 0.625. The van der Waals surface area contributed by atoms with Crippen molar-refractivity contribution < 1.29 is 9.84 Å². The molecular weight excluding hydrogens is 252 g/mol. The largest absolute Gasteiger partial charge is 0.491 e. The van der Waals surface area contributed by atoms with Gasteiger partial charge in [-0.15, -0.1) is 0 Å². The lowest BCUT2D eigenvalue weighted by molar-refractivity contribution is 0.0620. The van der Waals surface area contributed by atoms with Gasteiger partial charge in [0.1, 0.15) is 18.5 Å². The Balaban J connectivity index is 1.78. The average molecular weight is 278 g/mol. The molecule has 2 rings (SSSR count). The summed E-state index contributed by atoms with van der Waals surface area (Å²) >= 11 is 0. The third-order valence-corrected chi connectivity index (χ3v) is 4.12. The standard InChI is InChI=1S/C16H26N2O2/c1-12(13-7-8-13)18(2)10-15(19)11-20-16-6-4-3-5-14(16)9-17/h3-6,12-13,15,19H,7-11,17H2,1-2H3. The predicted octanol–water partition coefficient (Wildman–Crippen LogP) is 1.62. The fourth-order valence-corrected chi connectivity index (χ4v) is 2.49. The highest BCUT2D eigenvalue weighted by Gasteiger charge is 2.31. The molecule has 0 aliphatic heterocycles. The fourth-order valence-electron chi connectivity index (χ4n) is 2.49. The molecule has 4 heteroatoms. The van der Waals surface area contributed by atoms with Gasteiger partial charge in [-0.25, -0.2) is 0 Å². The zero-order valence-electron chi connectivity index (χ0n) is 12.5. The number of aliphatic hydroxyl groups excluding tert-OH is 1. The van der Waals surface area contributed by atoms with Crippen LogP contribution in [0.5, 0.6) is 5.75 Å².